The first-order valence-corrected chi connectivity index (χ1v) is 7.11. The van der Waals surface area contributed by atoms with Crippen LogP contribution in [0.1, 0.15) is 30.4 Å². The van der Waals surface area contributed by atoms with Crippen molar-refractivity contribution >= 4 is 5.82 Å². The van der Waals surface area contributed by atoms with Crippen molar-refractivity contribution in [1.82, 2.24) is 9.55 Å². The first-order valence-electron chi connectivity index (χ1n) is 7.11. The number of hydrogen-bond acceptors (Lipinski definition) is 2. The number of nitrogens with two attached hydrogens (primary N) is 1. The number of rotatable bonds is 3. The van der Waals surface area contributed by atoms with E-state index < -0.39 is 0 Å². The quantitative estimate of drug-likeness (QED) is 0.916. The zero-order valence-electron chi connectivity index (χ0n) is 11.5. The van der Waals surface area contributed by atoms with Gasteiger partial charge >= 0.3 is 0 Å². The van der Waals surface area contributed by atoms with Crippen LogP contribution in [-0.2, 0) is 25.8 Å². The topological polar surface area (TPSA) is 43.8 Å². The Labute approximate surface area is 114 Å². The SMILES string of the molecule is CC1CCc2nc(CCc3ccccc3)c(N)n2C1. The molecule has 0 spiro atoms. The molecular formula is C16H21N3. The Bertz CT molecular complexity index is 557. The highest BCUT2D eigenvalue weighted by atomic mass is 15.1. The molecule has 1 aromatic heterocycles. The first-order chi connectivity index (χ1) is 9.24. The van der Waals surface area contributed by atoms with E-state index in [9.17, 15) is 0 Å². The minimum Gasteiger partial charge on any atom is -0.384 e. The maximum absolute atomic E-state index is 6.25. The molecule has 0 aliphatic carbocycles. The Morgan fingerprint density at radius 2 is 2.05 bits per heavy atom. The molecule has 0 fully saturated rings. The zero-order valence-corrected chi connectivity index (χ0v) is 11.5. The van der Waals surface area contributed by atoms with E-state index in [1.54, 1.807) is 0 Å². The van der Waals surface area contributed by atoms with E-state index >= 15 is 0 Å². The van der Waals surface area contributed by atoms with Crippen molar-refractivity contribution in [2.75, 3.05) is 5.73 Å². The van der Waals surface area contributed by atoms with Crippen LogP contribution in [0.5, 0.6) is 0 Å². The molecule has 100 valence electrons. The molecule has 1 unspecified atom stereocenters. The molecule has 2 aromatic rings. The summed E-state index contributed by atoms with van der Waals surface area (Å²) in [6.45, 7) is 3.31. The van der Waals surface area contributed by atoms with Crippen LogP contribution in [0.2, 0.25) is 0 Å². The summed E-state index contributed by atoms with van der Waals surface area (Å²) in [4.78, 5) is 4.74. The number of hydrogen-bond donors (Lipinski definition) is 1. The van der Waals surface area contributed by atoms with Crippen molar-refractivity contribution in [2.45, 2.75) is 39.2 Å². The van der Waals surface area contributed by atoms with Crippen LogP contribution in [0, 0.1) is 5.92 Å². The second-order valence-corrected chi connectivity index (χ2v) is 5.60. The molecule has 0 radical (unpaired) electrons. The summed E-state index contributed by atoms with van der Waals surface area (Å²) in [7, 11) is 0. The smallest absolute Gasteiger partial charge is 0.126 e. The summed E-state index contributed by atoms with van der Waals surface area (Å²) >= 11 is 0. The molecule has 3 rings (SSSR count). The van der Waals surface area contributed by atoms with Crippen LogP contribution in [0.3, 0.4) is 0 Å². The second kappa shape index (κ2) is 5.08. The highest BCUT2D eigenvalue weighted by molar-refractivity contribution is 5.39. The molecule has 3 nitrogen and oxygen atoms in total. The summed E-state index contributed by atoms with van der Waals surface area (Å²) in [5, 5.41) is 0. The molecule has 19 heavy (non-hydrogen) atoms. The van der Waals surface area contributed by atoms with Gasteiger partial charge in [0.2, 0.25) is 0 Å². The van der Waals surface area contributed by atoms with Gasteiger partial charge < -0.3 is 10.3 Å². The fourth-order valence-corrected chi connectivity index (χ4v) is 2.83. The number of fused-ring (bicyclic) bond motifs is 1. The predicted molar refractivity (Wildman–Crippen MR) is 78.0 cm³/mol. The average molecular weight is 255 g/mol. The molecular weight excluding hydrogens is 234 g/mol. The van der Waals surface area contributed by atoms with Gasteiger partial charge in [-0.3, -0.25) is 0 Å². The molecule has 1 aliphatic heterocycles. The van der Waals surface area contributed by atoms with Crippen LogP contribution in [0.15, 0.2) is 30.3 Å². The van der Waals surface area contributed by atoms with Crippen LogP contribution in [0.25, 0.3) is 0 Å². The van der Waals surface area contributed by atoms with Gasteiger partial charge in [0.25, 0.3) is 0 Å². The number of aromatic nitrogens is 2. The standard InChI is InChI=1S/C16H21N3/c1-12-7-10-15-18-14(16(17)19(15)11-12)9-8-13-5-3-2-4-6-13/h2-6,12H,7-11,17H2,1H3. The van der Waals surface area contributed by atoms with E-state index in [0.717, 1.165) is 37.3 Å². The lowest BCUT2D eigenvalue weighted by molar-refractivity contribution is 0.397. The Kier molecular flexibility index (Phi) is 3.28. The maximum Gasteiger partial charge on any atom is 0.126 e. The number of nitrogen functional groups attached to an aromatic ring is 1. The van der Waals surface area contributed by atoms with E-state index in [1.807, 2.05) is 0 Å². The summed E-state index contributed by atoms with van der Waals surface area (Å²) in [5.74, 6) is 2.78. The number of benzene rings is 1. The fourth-order valence-electron chi connectivity index (χ4n) is 2.83. The molecule has 0 saturated carbocycles. The molecule has 2 N–H and O–H groups in total. The van der Waals surface area contributed by atoms with Crippen molar-refractivity contribution in [1.29, 1.82) is 0 Å². The zero-order chi connectivity index (χ0) is 13.2. The lowest BCUT2D eigenvalue weighted by Gasteiger charge is -2.20. The molecule has 0 amide bonds. The first kappa shape index (κ1) is 12.3. The van der Waals surface area contributed by atoms with Gasteiger partial charge in [-0.15, -0.1) is 0 Å². The molecule has 3 heteroatoms. The van der Waals surface area contributed by atoms with Crippen molar-refractivity contribution in [3.63, 3.8) is 0 Å². The molecule has 1 aromatic carbocycles. The molecule has 1 aliphatic rings. The third kappa shape index (κ3) is 2.50. The van der Waals surface area contributed by atoms with Crippen LogP contribution in [-0.4, -0.2) is 9.55 Å². The van der Waals surface area contributed by atoms with Crippen molar-refractivity contribution < 1.29 is 0 Å². The van der Waals surface area contributed by atoms with Crippen molar-refractivity contribution in [2.24, 2.45) is 5.92 Å². The van der Waals surface area contributed by atoms with E-state index in [0.29, 0.717) is 5.92 Å². The van der Waals surface area contributed by atoms with Gasteiger partial charge in [-0.1, -0.05) is 37.3 Å². The number of imidazole rings is 1. The largest absolute Gasteiger partial charge is 0.384 e. The fraction of sp³-hybridized carbons (Fsp3) is 0.438. The van der Waals surface area contributed by atoms with E-state index in [2.05, 4.69) is 41.8 Å². The van der Waals surface area contributed by atoms with Crippen LogP contribution in [0.4, 0.5) is 5.82 Å². The van der Waals surface area contributed by atoms with Crippen LogP contribution >= 0.6 is 0 Å². The number of anilines is 1. The minimum absolute atomic E-state index is 0.714. The minimum atomic E-state index is 0.714. The Hall–Kier alpha value is -1.77. The van der Waals surface area contributed by atoms with Gasteiger partial charge in [0.15, 0.2) is 0 Å². The summed E-state index contributed by atoms with van der Waals surface area (Å²) in [5.41, 5.74) is 8.68. The van der Waals surface area contributed by atoms with E-state index in [-0.39, 0.29) is 0 Å². The number of nitrogens with zero attached hydrogens (tertiary/aromatic N) is 2. The van der Waals surface area contributed by atoms with Gasteiger partial charge in [0.05, 0.1) is 5.69 Å². The van der Waals surface area contributed by atoms with Gasteiger partial charge in [0.1, 0.15) is 11.6 Å². The second-order valence-electron chi connectivity index (χ2n) is 5.60. The Morgan fingerprint density at radius 3 is 2.84 bits per heavy atom. The Balaban J connectivity index is 1.75. The van der Waals surface area contributed by atoms with Crippen molar-refractivity contribution in [3.8, 4) is 0 Å². The monoisotopic (exact) mass is 255 g/mol. The predicted octanol–water partition coefficient (Wildman–Crippen LogP) is 2.83. The summed E-state index contributed by atoms with van der Waals surface area (Å²) < 4.78 is 2.22. The van der Waals surface area contributed by atoms with Gasteiger partial charge in [-0.2, -0.15) is 0 Å². The highest BCUT2D eigenvalue weighted by Gasteiger charge is 2.20. The third-order valence-corrected chi connectivity index (χ3v) is 4.01. The van der Waals surface area contributed by atoms with Crippen molar-refractivity contribution in [3.05, 3.63) is 47.4 Å². The molecule has 2 heterocycles. The van der Waals surface area contributed by atoms with E-state index in [4.69, 9.17) is 10.7 Å². The lowest BCUT2D eigenvalue weighted by Crippen LogP contribution is -2.19. The number of aryl methyl sites for hydroxylation is 3. The third-order valence-electron chi connectivity index (χ3n) is 4.01. The molecule has 0 saturated heterocycles. The molecule has 0 bridgehead atoms. The highest BCUT2D eigenvalue weighted by Crippen LogP contribution is 2.25. The average Bonchev–Trinajstić information content (AvgIpc) is 2.74. The van der Waals surface area contributed by atoms with E-state index in [1.165, 1.54) is 17.8 Å². The summed E-state index contributed by atoms with van der Waals surface area (Å²) in [6.07, 6.45) is 4.24. The Morgan fingerprint density at radius 1 is 1.26 bits per heavy atom. The van der Waals surface area contributed by atoms with Crippen LogP contribution < -0.4 is 5.73 Å². The normalized spacial score (nSPS) is 18.3. The maximum atomic E-state index is 6.25. The van der Waals surface area contributed by atoms with Gasteiger partial charge in [-0.05, 0) is 30.7 Å². The lowest BCUT2D eigenvalue weighted by atomic mass is 10.0. The van der Waals surface area contributed by atoms with Gasteiger partial charge in [0, 0.05) is 13.0 Å². The molecule has 1 atom stereocenters. The summed E-state index contributed by atoms with van der Waals surface area (Å²) in [6, 6.07) is 10.5. The van der Waals surface area contributed by atoms with Gasteiger partial charge in [-0.25, -0.2) is 4.98 Å².